The summed E-state index contributed by atoms with van der Waals surface area (Å²) in [7, 11) is 2.10. The van der Waals surface area contributed by atoms with Gasteiger partial charge in [0.1, 0.15) is 5.75 Å². The van der Waals surface area contributed by atoms with E-state index in [0.29, 0.717) is 0 Å². The summed E-state index contributed by atoms with van der Waals surface area (Å²) in [5.74, 6) is 0.892. The lowest BCUT2D eigenvalue weighted by Gasteiger charge is -2.22. The molecule has 2 aromatic rings. The summed E-state index contributed by atoms with van der Waals surface area (Å²) in [6.07, 6.45) is 0.191. The minimum atomic E-state index is 0.00168. The summed E-state index contributed by atoms with van der Waals surface area (Å²) in [5, 5.41) is 0. The molecule has 0 heterocycles. The number of nitrogens with zero attached hydrogens (tertiary/aromatic N) is 1. The first-order chi connectivity index (χ1) is 10.5. The molecule has 0 aliphatic rings. The minimum Gasteiger partial charge on any atom is -0.491 e. The fraction of sp³-hybridized carbons (Fsp3) is 0.368. The molecule has 0 radical (unpaired) electrons. The van der Waals surface area contributed by atoms with Gasteiger partial charge in [-0.05, 0) is 44.2 Å². The Labute approximate surface area is 133 Å². The van der Waals surface area contributed by atoms with Gasteiger partial charge in [0, 0.05) is 19.1 Å². The van der Waals surface area contributed by atoms with Gasteiger partial charge in [-0.3, -0.25) is 0 Å². The number of ether oxygens (including phenoxy) is 1. The number of benzene rings is 2. The van der Waals surface area contributed by atoms with Crippen molar-refractivity contribution in [3.8, 4) is 5.75 Å². The van der Waals surface area contributed by atoms with E-state index < -0.39 is 0 Å². The molecule has 2 N–H and O–H groups in total. The smallest absolute Gasteiger partial charge is 0.119 e. The maximum absolute atomic E-state index is 6.32. The first-order valence-corrected chi connectivity index (χ1v) is 7.79. The van der Waals surface area contributed by atoms with Crippen LogP contribution in [0.25, 0.3) is 0 Å². The Morgan fingerprint density at radius 2 is 1.64 bits per heavy atom. The lowest BCUT2D eigenvalue weighted by Crippen LogP contribution is -2.28. The second kappa shape index (κ2) is 7.97. The molecule has 3 nitrogen and oxygen atoms in total. The van der Waals surface area contributed by atoms with Crippen molar-refractivity contribution in [2.45, 2.75) is 32.5 Å². The van der Waals surface area contributed by atoms with E-state index in [9.17, 15) is 0 Å². The quantitative estimate of drug-likeness (QED) is 0.848. The van der Waals surface area contributed by atoms with E-state index >= 15 is 0 Å². The van der Waals surface area contributed by atoms with Crippen LogP contribution in [-0.2, 0) is 6.54 Å². The molecule has 2 aromatic carbocycles. The highest BCUT2D eigenvalue weighted by Crippen LogP contribution is 2.18. The van der Waals surface area contributed by atoms with Gasteiger partial charge in [0.05, 0.1) is 6.10 Å². The molecular weight excluding hydrogens is 272 g/mol. The van der Waals surface area contributed by atoms with E-state index in [-0.39, 0.29) is 12.1 Å². The summed E-state index contributed by atoms with van der Waals surface area (Å²) < 4.78 is 5.66. The molecular formula is C19H26N2O. The van der Waals surface area contributed by atoms with E-state index in [1.807, 2.05) is 32.0 Å². The highest BCUT2D eigenvalue weighted by molar-refractivity contribution is 5.29. The highest BCUT2D eigenvalue weighted by atomic mass is 16.5. The molecule has 1 atom stereocenters. The third-order valence-electron chi connectivity index (χ3n) is 3.48. The predicted octanol–water partition coefficient (Wildman–Crippen LogP) is 3.61. The van der Waals surface area contributed by atoms with E-state index in [1.165, 1.54) is 5.56 Å². The van der Waals surface area contributed by atoms with Crippen LogP contribution in [0.3, 0.4) is 0 Å². The SMILES string of the molecule is CC(C)Oc1ccc(C(N)CN(C)Cc2ccccc2)cc1. The summed E-state index contributed by atoms with van der Waals surface area (Å²) in [6.45, 7) is 5.78. The van der Waals surface area contributed by atoms with Crippen molar-refractivity contribution >= 4 is 0 Å². The summed E-state index contributed by atoms with van der Waals surface area (Å²) >= 11 is 0. The van der Waals surface area contributed by atoms with Crippen LogP contribution in [0.5, 0.6) is 5.75 Å². The van der Waals surface area contributed by atoms with Crippen molar-refractivity contribution in [1.29, 1.82) is 0 Å². The summed E-state index contributed by atoms with van der Waals surface area (Å²) in [6, 6.07) is 18.5. The normalized spacial score (nSPS) is 12.6. The third-order valence-corrected chi connectivity index (χ3v) is 3.48. The second-order valence-electron chi connectivity index (χ2n) is 6.02. The van der Waals surface area contributed by atoms with Crippen LogP contribution < -0.4 is 10.5 Å². The van der Waals surface area contributed by atoms with Crippen molar-refractivity contribution in [3.63, 3.8) is 0 Å². The predicted molar refractivity (Wildman–Crippen MR) is 91.9 cm³/mol. The molecule has 1 unspecified atom stereocenters. The van der Waals surface area contributed by atoms with Gasteiger partial charge < -0.3 is 15.4 Å². The Morgan fingerprint density at radius 3 is 2.23 bits per heavy atom. The molecule has 118 valence electrons. The zero-order valence-electron chi connectivity index (χ0n) is 13.7. The molecule has 0 saturated heterocycles. The number of hydrogen-bond acceptors (Lipinski definition) is 3. The fourth-order valence-electron chi connectivity index (χ4n) is 2.47. The molecule has 0 fully saturated rings. The highest BCUT2D eigenvalue weighted by Gasteiger charge is 2.10. The molecule has 0 saturated carbocycles. The monoisotopic (exact) mass is 298 g/mol. The van der Waals surface area contributed by atoms with Crippen LogP contribution in [0.15, 0.2) is 54.6 Å². The molecule has 0 spiro atoms. The van der Waals surface area contributed by atoms with Crippen LogP contribution in [0, 0.1) is 0 Å². The van der Waals surface area contributed by atoms with Gasteiger partial charge in [-0.15, -0.1) is 0 Å². The average Bonchev–Trinajstić information content (AvgIpc) is 2.48. The van der Waals surface area contributed by atoms with E-state index in [2.05, 4.69) is 48.3 Å². The lowest BCUT2D eigenvalue weighted by atomic mass is 10.1. The number of hydrogen-bond donors (Lipinski definition) is 1. The largest absolute Gasteiger partial charge is 0.491 e. The first-order valence-electron chi connectivity index (χ1n) is 7.79. The molecule has 0 amide bonds. The minimum absolute atomic E-state index is 0.00168. The Morgan fingerprint density at radius 1 is 1.00 bits per heavy atom. The maximum atomic E-state index is 6.32. The van der Waals surface area contributed by atoms with Gasteiger partial charge in [-0.25, -0.2) is 0 Å². The Balaban J connectivity index is 1.89. The van der Waals surface area contributed by atoms with Crippen molar-refractivity contribution < 1.29 is 4.74 Å². The standard InChI is InChI=1S/C19H26N2O/c1-15(2)22-18-11-9-17(10-12-18)19(20)14-21(3)13-16-7-5-4-6-8-16/h4-12,15,19H,13-14,20H2,1-3H3. The average molecular weight is 298 g/mol. The van der Waals surface area contributed by atoms with Gasteiger partial charge in [0.15, 0.2) is 0 Å². The van der Waals surface area contributed by atoms with E-state index in [4.69, 9.17) is 10.5 Å². The summed E-state index contributed by atoms with van der Waals surface area (Å²) in [5.41, 5.74) is 8.76. The van der Waals surface area contributed by atoms with Crippen molar-refractivity contribution in [3.05, 3.63) is 65.7 Å². The molecule has 2 rings (SSSR count). The molecule has 0 aliphatic heterocycles. The zero-order chi connectivity index (χ0) is 15.9. The Kier molecular flexibility index (Phi) is 5.99. The molecule has 3 heteroatoms. The molecule has 0 bridgehead atoms. The lowest BCUT2D eigenvalue weighted by molar-refractivity contribution is 0.242. The van der Waals surface area contributed by atoms with E-state index in [0.717, 1.165) is 24.4 Å². The van der Waals surface area contributed by atoms with Gasteiger partial charge in [0.2, 0.25) is 0 Å². The maximum Gasteiger partial charge on any atom is 0.119 e. The number of likely N-dealkylation sites (N-methyl/N-ethyl adjacent to an activating group) is 1. The van der Waals surface area contributed by atoms with Crippen LogP contribution in [0.4, 0.5) is 0 Å². The molecule has 0 aromatic heterocycles. The zero-order valence-corrected chi connectivity index (χ0v) is 13.7. The second-order valence-corrected chi connectivity index (χ2v) is 6.02. The fourth-order valence-corrected chi connectivity index (χ4v) is 2.47. The third kappa shape index (κ3) is 5.17. The van der Waals surface area contributed by atoms with Crippen molar-refractivity contribution in [1.82, 2.24) is 4.90 Å². The van der Waals surface area contributed by atoms with Gasteiger partial charge >= 0.3 is 0 Å². The first kappa shape index (κ1) is 16.5. The Bertz CT molecular complexity index is 551. The Hall–Kier alpha value is -1.84. The van der Waals surface area contributed by atoms with Gasteiger partial charge in [-0.2, -0.15) is 0 Å². The van der Waals surface area contributed by atoms with Crippen LogP contribution in [0.2, 0.25) is 0 Å². The topological polar surface area (TPSA) is 38.5 Å². The summed E-state index contributed by atoms with van der Waals surface area (Å²) in [4.78, 5) is 2.25. The van der Waals surface area contributed by atoms with E-state index in [1.54, 1.807) is 0 Å². The van der Waals surface area contributed by atoms with Crippen LogP contribution in [-0.4, -0.2) is 24.6 Å². The molecule has 22 heavy (non-hydrogen) atoms. The van der Waals surface area contributed by atoms with Gasteiger partial charge in [-0.1, -0.05) is 42.5 Å². The van der Waals surface area contributed by atoms with Crippen LogP contribution in [0.1, 0.15) is 31.0 Å². The number of rotatable bonds is 7. The molecule has 0 aliphatic carbocycles. The van der Waals surface area contributed by atoms with Gasteiger partial charge in [0.25, 0.3) is 0 Å². The van der Waals surface area contributed by atoms with Crippen molar-refractivity contribution in [2.24, 2.45) is 5.73 Å². The van der Waals surface area contributed by atoms with Crippen LogP contribution >= 0.6 is 0 Å². The number of nitrogens with two attached hydrogens (primary N) is 1. The van der Waals surface area contributed by atoms with Crippen molar-refractivity contribution in [2.75, 3.05) is 13.6 Å².